The molecule has 7 nitrogen and oxygen atoms in total. The number of benzene rings is 3. The summed E-state index contributed by atoms with van der Waals surface area (Å²) in [4.78, 5) is 25.1. The minimum absolute atomic E-state index is 0.0668. The first-order chi connectivity index (χ1) is 15.1. The number of ether oxygens (including phenoxy) is 1. The van der Waals surface area contributed by atoms with Gasteiger partial charge in [0.25, 0.3) is 5.56 Å². The summed E-state index contributed by atoms with van der Waals surface area (Å²) in [6.07, 6.45) is 0. The lowest BCUT2D eigenvalue weighted by molar-refractivity contribution is 0.0461. The van der Waals surface area contributed by atoms with Gasteiger partial charge in [0.2, 0.25) is 5.78 Å². The molecule has 2 aromatic heterocycles. The Labute approximate surface area is 177 Å². The second kappa shape index (κ2) is 7.53. The molecule has 0 amide bonds. The fraction of sp³-hybridized carbons (Fsp3) is 0.0833. The number of hydrogen-bond acceptors (Lipinski definition) is 5. The van der Waals surface area contributed by atoms with Crippen LogP contribution in [0.3, 0.4) is 0 Å². The number of carbonyl (C=O) groups is 1. The number of esters is 1. The topological polar surface area (TPSA) is 78.5 Å². The van der Waals surface area contributed by atoms with Crippen LogP contribution in [0.2, 0.25) is 0 Å². The van der Waals surface area contributed by atoms with Gasteiger partial charge in [-0.15, -0.1) is 10.2 Å². The number of carbonyl (C=O) groups excluding carboxylic acids is 1. The SMILES string of the molecule is Cn1c(=O)c2ccccc2n2c(COC(=O)c3ccc(-c4ccccc4)cc3)nnc12. The second-order valence-electron chi connectivity index (χ2n) is 7.15. The number of aryl methyl sites for hydroxylation is 1. The average Bonchev–Trinajstić information content (AvgIpc) is 3.26. The van der Waals surface area contributed by atoms with Crippen LogP contribution in [0.1, 0.15) is 16.2 Å². The van der Waals surface area contributed by atoms with Crippen molar-refractivity contribution >= 4 is 22.6 Å². The van der Waals surface area contributed by atoms with Crippen molar-refractivity contribution in [1.29, 1.82) is 0 Å². The maximum atomic E-state index is 12.6. The quantitative estimate of drug-likeness (QED) is 0.423. The van der Waals surface area contributed by atoms with Crippen LogP contribution in [0.15, 0.2) is 83.7 Å². The van der Waals surface area contributed by atoms with Crippen LogP contribution in [-0.4, -0.2) is 25.1 Å². The van der Waals surface area contributed by atoms with Gasteiger partial charge in [-0.05, 0) is 35.4 Å². The van der Waals surface area contributed by atoms with Gasteiger partial charge in [-0.3, -0.25) is 13.8 Å². The van der Waals surface area contributed by atoms with Gasteiger partial charge in [0.05, 0.1) is 16.5 Å². The molecule has 0 aliphatic carbocycles. The number of nitrogens with zero attached hydrogens (tertiary/aromatic N) is 4. The van der Waals surface area contributed by atoms with Gasteiger partial charge >= 0.3 is 5.97 Å². The Balaban J connectivity index is 1.41. The number of aromatic nitrogens is 4. The molecule has 5 aromatic rings. The molecule has 0 unspecified atom stereocenters. The highest BCUT2D eigenvalue weighted by atomic mass is 16.5. The summed E-state index contributed by atoms with van der Waals surface area (Å²) in [7, 11) is 1.64. The predicted octanol–water partition coefficient (Wildman–Crippen LogP) is 3.61. The van der Waals surface area contributed by atoms with Crippen LogP contribution in [0.4, 0.5) is 0 Å². The van der Waals surface area contributed by atoms with Gasteiger partial charge in [0.1, 0.15) is 0 Å². The van der Waals surface area contributed by atoms with Gasteiger partial charge in [-0.1, -0.05) is 54.6 Å². The Hall–Kier alpha value is -4.26. The van der Waals surface area contributed by atoms with Gasteiger partial charge in [0, 0.05) is 7.05 Å². The lowest BCUT2D eigenvalue weighted by Crippen LogP contribution is -2.20. The standard InChI is InChI=1S/C24H18N4O3/c1-27-22(29)19-9-5-6-10-20(19)28-21(25-26-24(27)28)15-31-23(30)18-13-11-17(12-14-18)16-7-3-2-4-8-16/h2-14H,15H2,1H3. The van der Waals surface area contributed by atoms with E-state index >= 15 is 0 Å². The monoisotopic (exact) mass is 410 g/mol. The van der Waals surface area contributed by atoms with Gasteiger partial charge in [-0.25, -0.2) is 4.79 Å². The summed E-state index contributed by atoms with van der Waals surface area (Å²) < 4.78 is 8.67. The first-order valence-corrected chi connectivity index (χ1v) is 9.78. The molecule has 0 fully saturated rings. The van der Waals surface area contributed by atoms with Crippen LogP contribution in [-0.2, 0) is 18.4 Å². The average molecular weight is 410 g/mol. The molecule has 0 saturated heterocycles. The lowest BCUT2D eigenvalue weighted by Gasteiger charge is -2.08. The molecule has 7 heteroatoms. The van der Waals surface area contributed by atoms with Crippen molar-refractivity contribution in [3.05, 3.63) is 101 Å². The molecule has 0 radical (unpaired) electrons. The van der Waals surface area contributed by atoms with E-state index in [2.05, 4.69) is 10.2 Å². The first kappa shape index (κ1) is 18.7. The number of fused-ring (bicyclic) bond motifs is 3. The number of hydrogen-bond donors (Lipinski definition) is 0. The summed E-state index contributed by atoms with van der Waals surface area (Å²) in [6.45, 7) is -0.0668. The molecular formula is C24H18N4O3. The molecule has 0 saturated carbocycles. The van der Waals surface area contributed by atoms with Crippen molar-refractivity contribution in [2.45, 2.75) is 6.61 Å². The lowest BCUT2D eigenvalue weighted by atomic mass is 10.0. The number of para-hydroxylation sites is 1. The van der Waals surface area contributed by atoms with Crippen LogP contribution < -0.4 is 5.56 Å². The Morgan fingerprint density at radius 2 is 1.55 bits per heavy atom. The van der Waals surface area contributed by atoms with E-state index in [9.17, 15) is 9.59 Å². The van der Waals surface area contributed by atoms with Crippen LogP contribution in [0.25, 0.3) is 27.8 Å². The highest BCUT2D eigenvalue weighted by molar-refractivity contribution is 5.90. The molecule has 5 rings (SSSR count). The molecule has 0 aliphatic heterocycles. The molecule has 2 heterocycles. The van der Waals surface area contributed by atoms with Crippen LogP contribution in [0, 0.1) is 0 Å². The number of rotatable bonds is 4. The first-order valence-electron chi connectivity index (χ1n) is 9.78. The predicted molar refractivity (Wildman–Crippen MR) is 117 cm³/mol. The molecule has 0 atom stereocenters. The minimum atomic E-state index is -0.453. The molecule has 0 aliphatic rings. The molecule has 31 heavy (non-hydrogen) atoms. The Morgan fingerprint density at radius 1 is 0.871 bits per heavy atom. The fourth-order valence-corrected chi connectivity index (χ4v) is 3.63. The molecule has 0 bridgehead atoms. The van der Waals surface area contributed by atoms with E-state index in [4.69, 9.17) is 4.74 Å². The van der Waals surface area contributed by atoms with E-state index in [-0.39, 0.29) is 12.2 Å². The van der Waals surface area contributed by atoms with E-state index in [1.165, 1.54) is 4.57 Å². The van der Waals surface area contributed by atoms with Crippen molar-refractivity contribution in [3.8, 4) is 11.1 Å². The van der Waals surface area contributed by atoms with Gasteiger partial charge in [0.15, 0.2) is 12.4 Å². The van der Waals surface area contributed by atoms with Crippen molar-refractivity contribution < 1.29 is 9.53 Å². The van der Waals surface area contributed by atoms with Crippen molar-refractivity contribution in [2.75, 3.05) is 0 Å². The van der Waals surface area contributed by atoms with Gasteiger partial charge in [-0.2, -0.15) is 0 Å². The van der Waals surface area contributed by atoms with Crippen LogP contribution >= 0.6 is 0 Å². The molecule has 152 valence electrons. The second-order valence-corrected chi connectivity index (χ2v) is 7.15. The smallest absolute Gasteiger partial charge is 0.338 e. The third kappa shape index (κ3) is 3.26. The van der Waals surface area contributed by atoms with Crippen LogP contribution in [0.5, 0.6) is 0 Å². The summed E-state index contributed by atoms with van der Waals surface area (Å²) in [5.41, 5.74) is 3.06. The Kier molecular flexibility index (Phi) is 4.55. The van der Waals surface area contributed by atoms with E-state index in [1.807, 2.05) is 54.6 Å². The summed E-state index contributed by atoms with van der Waals surface area (Å²) in [6, 6.07) is 24.4. The van der Waals surface area contributed by atoms with Crippen molar-refractivity contribution in [2.24, 2.45) is 7.05 Å². The van der Waals surface area contributed by atoms with E-state index in [0.717, 1.165) is 11.1 Å². The van der Waals surface area contributed by atoms with Crippen molar-refractivity contribution in [3.63, 3.8) is 0 Å². The fourth-order valence-electron chi connectivity index (χ4n) is 3.63. The molecule has 0 N–H and O–H groups in total. The van der Waals surface area contributed by atoms with E-state index in [1.54, 1.807) is 35.7 Å². The summed E-state index contributed by atoms with van der Waals surface area (Å²) >= 11 is 0. The Morgan fingerprint density at radius 3 is 2.32 bits per heavy atom. The molecule has 3 aromatic carbocycles. The maximum absolute atomic E-state index is 12.6. The zero-order chi connectivity index (χ0) is 21.4. The summed E-state index contributed by atoms with van der Waals surface area (Å²) in [5.74, 6) is 0.378. The maximum Gasteiger partial charge on any atom is 0.338 e. The molecule has 0 spiro atoms. The largest absolute Gasteiger partial charge is 0.454 e. The minimum Gasteiger partial charge on any atom is -0.454 e. The van der Waals surface area contributed by atoms with E-state index < -0.39 is 5.97 Å². The van der Waals surface area contributed by atoms with E-state index in [0.29, 0.717) is 28.1 Å². The highest BCUT2D eigenvalue weighted by Crippen LogP contribution is 2.20. The third-order valence-corrected chi connectivity index (χ3v) is 5.25. The highest BCUT2D eigenvalue weighted by Gasteiger charge is 2.16. The Bertz CT molecular complexity index is 1470. The van der Waals surface area contributed by atoms with Crippen molar-refractivity contribution in [1.82, 2.24) is 19.2 Å². The molecular weight excluding hydrogens is 392 g/mol. The zero-order valence-electron chi connectivity index (χ0n) is 16.7. The normalized spacial score (nSPS) is 11.1. The third-order valence-electron chi connectivity index (χ3n) is 5.25. The zero-order valence-corrected chi connectivity index (χ0v) is 16.7. The summed E-state index contributed by atoms with van der Waals surface area (Å²) in [5, 5.41) is 8.80. The van der Waals surface area contributed by atoms with Gasteiger partial charge < -0.3 is 4.74 Å².